The van der Waals surface area contributed by atoms with Crippen molar-refractivity contribution in [3.63, 3.8) is 0 Å². The van der Waals surface area contributed by atoms with E-state index < -0.39 is 5.76 Å². The Bertz CT molecular complexity index is 1130. The number of nitrogens with one attached hydrogen (secondary N) is 2. The maximum atomic E-state index is 12.2. The number of hydrogen-bond donors (Lipinski definition) is 2. The molecular weight excluding hydrogens is 453 g/mol. The zero-order valence-electron chi connectivity index (χ0n) is 12.6. The van der Waals surface area contributed by atoms with Gasteiger partial charge in [-0.15, -0.1) is 11.3 Å². The Balaban J connectivity index is 1.57. The fraction of sp³-hybridized carbons (Fsp3) is 0. The Morgan fingerprint density at radius 3 is 2.80 bits per heavy atom. The number of aromatic nitrogens is 2. The van der Waals surface area contributed by atoms with Crippen LogP contribution in [0.15, 0.2) is 57.1 Å². The van der Waals surface area contributed by atoms with E-state index in [0.717, 1.165) is 9.13 Å². The van der Waals surface area contributed by atoms with Crippen LogP contribution in [0.3, 0.4) is 0 Å². The highest BCUT2D eigenvalue weighted by molar-refractivity contribution is 14.1. The third kappa shape index (κ3) is 3.35. The highest BCUT2D eigenvalue weighted by Crippen LogP contribution is 2.27. The van der Waals surface area contributed by atoms with E-state index in [0.29, 0.717) is 27.5 Å². The van der Waals surface area contributed by atoms with Crippen molar-refractivity contribution in [3.05, 3.63) is 67.5 Å². The van der Waals surface area contributed by atoms with Gasteiger partial charge in [-0.05, 0) is 59.0 Å². The molecule has 2 N–H and O–H groups in total. The van der Waals surface area contributed by atoms with E-state index in [1.54, 1.807) is 24.3 Å². The minimum atomic E-state index is -0.490. The summed E-state index contributed by atoms with van der Waals surface area (Å²) in [5.74, 6) is -0.694. The second kappa shape index (κ2) is 6.45. The molecule has 124 valence electrons. The fourth-order valence-corrected chi connectivity index (χ4v) is 3.41. The quantitative estimate of drug-likeness (QED) is 0.448. The number of oxazole rings is 1. The second-order valence-corrected chi connectivity index (χ2v) is 7.33. The van der Waals surface area contributed by atoms with Crippen LogP contribution in [-0.4, -0.2) is 15.9 Å². The van der Waals surface area contributed by atoms with Crippen LogP contribution in [0.5, 0.6) is 0 Å². The second-order valence-electron chi connectivity index (χ2n) is 5.22. The van der Waals surface area contributed by atoms with Crippen molar-refractivity contribution in [2.45, 2.75) is 0 Å². The summed E-state index contributed by atoms with van der Waals surface area (Å²) in [5.41, 5.74) is 3.19. The lowest BCUT2D eigenvalue weighted by Crippen LogP contribution is -2.11. The zero-order chi connectivity index (χ0) is 17.4. The van der Waals surface area contributed by atoms with Crippen molar-refractivity contribution in [3.8, 4) is 11.3 Å². The third-order valence-corrected chi connectivity index (χ3v) is 5.02. The molecule has 1 amide bonds. The molecule has 0 atom stereocenters. The number of nitrogens with zero attached hydrogens (tertiary/aromatic N) is 1. The molecule has 0 aliphatic heterocycles. The standard InChI is InChI=1S/C17H10IN3O3S/c18-11-4-1-9(2-5-11)15(22)21-16-19-13(8-25-16)10-3-6-12-14(7-10)24-17(23)20-12/h1-8H,(H,20,23)(H,19,21,22). The van der Waals surface area contributed by atoms with Gasteiger partial charge >= 0.3 is 5.76 Å². The van der Waals surface area contributed by atoms with E-state index in [-0.39, 0.29) is 5.91 Å². The summed E-state index contributed by atoms with van der Waals surface area (Å²) in [6.07, 6.45) is 0. The summed E-state index contributed by atoms with van der Waals surface area (Å²) in [4.78, 5) is 30.5. The monoisotopic (exact) mass is 463 g/mol. The first-order chi connectivity index (χ1) is 12.1. The van der Waals surface area contributed by atoms with Crippen LogP contribution in [0.4, 0.5) is 5.13 Å². The first-order valence-corrected chi connectivity index (χ1v) is 9.20. The molecule has 0 unspecified atom stereocenters. The lowest BCUT2D eigenvalue weighted by atomic mass is 10.1. The Labute approximate surface area is 159 Å². The van der Waals surface area contributed by atoms with E-state index in [1.165, 1.54) is 11.3 Å². The predicted molar refractivity (Wildman–Crippen MR) is 105 cm³/mol. The van der Waals surface area contributed by atoms with E-state index in [2.05, 4.69) is 37.9 Å². The van der Waals surface area contributed by atoms with Crippen molar-refractivity contribution in [1.82, 2.24) is 9.97 Å². The molecule has 4 aromatic rings. The zero-order valence-corrected chi connectivity index (χ0v) is 15.6. The maximum absolute atomic E-state index is 12.2. The van der Waals surface area contributed by atoms with E-state index in [1.807, 2.05) is 23.6 Å². The minimum absolute atomic E-state index is 0.204. The number of amides is 1. The van der Waals surface area contributed by atoms with Gasteiger partial charge in [0, 0.05) is 20.1 Å². The number of fused-ring (bicyclic) bond motifs is 1. The molecule has 6 nitrogen and oxygen atoms in total. The van der Waals surface area contributed by atoms with Crippen LogP contribution in [0.2, 0.25) is 0 Å². The molecule has 0 aliphatic rings. The van der Waals surface area contributed by atoms with E-state index in [9.17, 15) is 9.59 Å². The first kappa shape index (κ1) is 16.0. The van der Waals surface area contributed by atoms with E-state index in [4.69, 9.17) is 4.42 Å². The average molecular weight is 463 g/mol. The number of carbonyl (C=O) groups excluding carboxylic acids is 1. The number of benzene rings is 2. The van der Waals surface area contributed by atoms with Crippen molar-refractivity contribution in [1.29, 1.82) is 0 Å². The molecule has 0 fully saturated rings. The number of hydrogen-bond acceptors (Lipinski definition) is 5. The fourth-order valence-electron chi connectivity index (χ4n) is 2.34. The summed E-state index contributed by atoms with van der Waals surface area (Å²) < 4.78 is 6.13. The SMILES string of the molecule is O=C(Nc1nc(-c2ccc3[nH]c(=O)oc3c2)cs1)c1ccc(I)cc1. The van der Waals surface area contributed by atoms with Gasteiger partial charge in [-0.3, -0.25) is 15.1 Å². The van der Waals surface area contributed by atoms with Gasteiger partial charge in [-0.1, -0.05) is 6.07 Å². The third-order valence-electron chi connectivity index (χ3n) is 3.55. The molecule has 2 heterocycles. The van der Waals surface area contributed by atoms with Gasteiger partial charge in [-0.25, -0.2) is 9.78 Å². The van der Waals surface area contributed by atoms with Crippen LogP contribution in [-0.2, 0) is 0 Å². The number of aromatic amines is 1. The van der Waals surface area contributed by atoms with Crippen molar-refractivity contribution in [2.24, 2.45) is 0 Å². The van der Waals surface area contributed by atoms with Crippen LogP contribution in [0.25, 0.3) is 22.4 Å². The Kier molecular flexibility index (Phi) is 4.14. The van der Waals surface area contributed by atoms with Crippen LogP contribution in [0, 0.1) is 3.57 Å². The van der Waals surface area contributed by atoms with Gasteiger partial charge in [-0.2, -0.15) is 0 Å². The number of H-pyrrole nitrogens is 1. The van der Waals surface area contributed by atoms with Crippen molar-refractivity contribution >= 4 is 56.1 Å². The number of carbonyl (C=O) groups is 1. The van der Waals surface area contributed by atoms with Gasteiger partial charge in [0.15, 0.2) is 10.7 Å². The number of anilines is 1. The molecule has 2 aromatic carbocycles. The molecular formula is C17H10IN3O3S. The van der Waals surface area contributed by atoms with Gasteiger partial charge in [0.1, 0.15) is 0 Å². The average Bonchev–Trinajstić information content (AvgIpc) is 3.20. The number of thiazole rings is 1. The van der Waals surface area contributed by atoms with Gasteiger partial charge < -0.3 is 4.42 Å². The summed E-state index contributed by atoms with van der Waals surface area (Å²) in [6.45, 7) is 0. The summed E-state index contributed by atoms with van der Waals surface area (Å²) in [5, 5.41) is 5.15. The van der Waals surface area contributed by atoms with Gasteiger partial charge in [0.2, 0.25) is 0 Å². The lowest BCUT2D eigenvalue weighted by molar-refractivity contribution is 0.102. The molecule has 0 saturated carbocycles. The Morgan fingerprint density at radius 2 is 2.00 bits per heavy atom. The largest absolute Gasteiger partial charge is 0.417 e. The Morgan fingerprint density at radius 1 is 1.20 bits per heavy atom. The number of halogens is 1. The molecule has 2 aromatic heterocycles. The molecule has 8 heteroatoms. The number of rotatable bonds is 3. The van der Waals surface area contributed by atoms with Crippen LogP contribution >= 0.6 is 33.9 Å². The normalized spacial score (nSPS) is 10.9. The highest BCUT2D eigenvalue weighted by atomic mass is 127. The molecule has 0 bridgehead atoms. The molecule has 0 aliphatic carbocycles. The minimum Gasteiger partial charge on any atom is -0.408 e. The lowest BCUT2D eigenvalue weighted by Gasteiger charge is -2.01. The molecule has 0 spiro atoms. The summed E-state index contributed by atoms with van der Waals surface area (Å²) >= 11 is 3.53. The summed E-state index contributed by atoms with van der Waals surface area (Å²) in [7, 11) is 0. The van der Waals surface area contributed by atoms with Crippen LogP contribution in [0.1, 0.15) is 10.4 Å². The maximum Gasteiger partial charge on any atom is 0.417 e. The molecule has 25 heavy (non-hydrogen) atoms. The molecule has 4 rings (SSSR count). The van der Waals surface area contributed by atoms with Gasteiger partial charge in [0.05, 0.1) is 11.2 Å². The van der Waals surface area contributed by atoms with Crippen molar-refractivity contribution in [2.75, 3.05) is 5.32 Å². The summed E-state index contributed by atoms with van der Waals surface area (Å²) in [6, 6.07) is 12.6. The van der Waals surface area contributed by atoms with Gasteiger partial charge in [0.25, 0.3) is 5.91 Å². The topological polar surface area (TPSA) is 88.0 Å². The van der Waals surface area contributed by atoms with Crippen LogP contribution < -0.4 is 11.1 Å². The predicted octanol–water partition coefficient (Wildman–Crippen LogP) is 4.10. The van der Waals surface area contributed by atoms with E-state index >= 15 is 0 Å². The van der Waals surface area contributed by atoms with Crippen molar-refractivity contribution < 1.29 is 9.21 Å². The molecule has 0 saturated heterocycles. The molecule has 0 radical (unpaired) electrons. The highest BCUT2D eigenvalue weighted by Gasteiger charge is 2.11. The first-order valence-electron chi connectivity index (χ1n) is 7.24. The Hall–Kier alpha value is -2.46. The smallest absolute Gasteiger partial charge is 0.408 e.